The van der Waals surface area contributed by atoms with Gasteiger partial charge in [0.2, 0.25) is 0 Å². The van der Waals surface area contributed by atoms with E-state index in [2.05, 4.69) is 75.4 Å². The van der Waals surface area contributed by atoms with Crippen LogP contribution in [0, 0.1) is 16.7 Å². The summed E-state index contributed by atoms with van der Waals surface area (Å²) in [6.07, 6.45) is -6.67. The van der Waals surface area contributed by atoms with Crippen LogP contribution in [0.2, 0.25) is 54.4 Å². The Bertz CT molecular complexity index is 1880. The highest BCUT2D eigenvalue weighted by Gasteiger charge is 2.77. The Morgan fingerprint density at radius 2 is 1.45 bits per heavy atom. The molecule has 64 heavy (non-hydrogen) atoms. The molecule has 4 N–H and O–H groups in total. The van der Waals surface area contributed by atoms with Gasteiger partial charge in [0.05, 0.1) is 30.3 Å². The van der Waals surface area contributed by atoms with E-state index < -0.39 is 108 Å². The number of nitrogens with two attached hydrogens (primary N) is 1. The number of aliphatic hydroxyl groups excluding tert-OH is 1. The highest BCUT2D eigenvalue weighted by Crippen LogP contribution is 2.65. The zero-order chi connectivity index (χ0) is 48.2. The lowest BCUT2D eigenvalue weighted by Gasteiger charge is -2.68. The second kappa shape index (κ2) is 18.8. The molecule has 1 heterocycles. The number of benzene rings is 1. The van der Waals surface area contributed by atoms with E-state index in [4.69, 9.17) is 33.2 Å². The molecule has 3 fully saturated rings. The van der Waals surface area contributed by atoms with E-state index >= 15 is 4.79 Å². The van der Waals surface area contributed by atoms with Gasteiger partial charge in [-0.05, 0) is 85.0 Å². The molecule has 3 aliphatic carbocycles. The van der Waals surface area contributed by atoms with E-state index in [1.165, 1.54) is 6.92 Å². The SMILES string of the molecule is CC[Si](CC)(CC)O[C@H]1C(=O)[C@]2(C)[C@@H](O[Si](CC)(CC)CC)C[C@H]3OC[C@@]3(OC(C)=O)[C@H]2[C@H](O)[C@]2(O)C[C@H](OC(=O)[C@H](O[Si](C)(C)C(C)(C)C)[C@@H](N)c3ccccc3)C(C)=C1C2(C)C. The minimum atomic E-state index is -2.67. The monoisotopic (exact) mass is 946 g/mol. The minimum absolute atomic E-state index is 0.0734. The van der Waals surface area contributed by atoms with Crippen molar-refractivity contribution in [1.29, 1.82) is 0 Å². The van der Waals surface area contributed by atoms with Crippen LogP contribution in [0.1, 0.15) is 121 Å². The van der Waals surface area contributed by atoms with Crippen LogP contribution in [0.15, 0.2) is 41.5 Å². The van der Waals surface area contributed by atoms with Crippen LogP contribution in [0.4, 0.5) is 0 Å². The van der Waals surface area contributed by atoms with E-state index in [-0.39, 0.29) is 30.3 Å². The molecule has 11 atom stereocenters. The number of ketones is 1. The molecule has 0 unspecified atom stereocenters. The molecule has 1 aromatic carbocycles. The maximum absolute atomic E-state index is 16.5. The van der Waals surface area contributed by atoms with Gasteiger partial charge in [-0.3, -0.25) is 9.59 Å². The number of esters is 2. The second-order valence-corrected chi connectivity index (χ2v) is 36.0. The van der Waals surface area contributed by atoms with E-state index in [9.17, 15) is 19.8 Å². The third kappa shape index (κ3) is 8.67. The molecule has 0 amide bonds. The summed E-state index contributed by atoms with van der Waals surface area (Å²) in [7, 11) is -7.77. The number of aliphatic hydroxyl groups is 2. The molecule has 4 aliphatic rings. The van der Waals surface area contributed by atoms with Crippen molar-refractivity contribution in [3.8, 4) is 0 Å². The van der Waals surface area contributed by atoms with Crippen LogP contribution >= 0.6 is 0 Å². The van der Waals surface area contributed by atoms with Gasteiger partial charge in [-0.2, -0.15) is 0 Å². The Morgan fingerprint density at radius 3 is 1.92 bits per heavy atom. The summed E-state index contributed by atoms with van der Waals surface area (Å²) in [4.78, 5) is 44.7. The predicted octanol–water partition coefficient (Wildman–Crippen LogP) is 8.92. The normalized spacial score (nSPS) is 32.9. The van der Waals surface area contributed by atoms with Crippen molar-refractivity contribution in [3.63, 3.8) is 0 Å². The fraction of sp³-hybridized carbons (Fsp3) is 0.776. The zero-order valence-corrected chi connectivity index (χ0v) is 45.0. The molecule has 2 saturated carbocycles. The van der Waals surface area contributed by atoms with Gasteiger partial charge in [-0.15, -0.1) is 0 Å². The summed E-state index contributed by atoms with van der Waals surface area (Å²) in [5, 5.41) is 27.0. The lowest BCUT2D eigenvalue weighted by atomic mass is 9.44. The number of carbonyl (C=O) groups excluding carboxylic acids is 3. The number of carbonyl (C=O) groups is 3. The number of hydrogen-bond donors (Lipinski definition) is 3. The van der Waals surface area contributed by atoms with Crippen molar-refractivity contribution in [1.82, 2.24) is 0 Å². The van der Waals surface area contributed by atoms with Gasteiger partial charge >= 0.3 is 11.9 Å². The van der Waals surface area contributed by atoms with Crippen molar-refractivity contribution in [2.45, 2.75) is 218 Å². The van der Waals surface area contributed by atoms with E-state index in [0.29, 0.717) is 16.7 Å². The Morgan fingerprint density at radius 1 is 0.922 bits per heavy atom. The molecule has 12 nitrogen and oxygen atoms in total. The fourth-order valence-corrected chi connectivity index (χ4v) is 18.4. The lowest BCUT2D eigenvalue weighted by molar-refractivity contribution is -0.345. The molecular weight excluding hydrogens is 863 g/mol. The molecule has 1 aliphatic heterocycles. The fourth-order valence-electron chi connectivity index (χ4n) is 11.5. The molecule has 0 aromatic heterocycles. The first-order valence-corrected chi connectivity index (χ1v) is 32.1. The Kier molecular flexibility index (Phi) is 15.5. The topological polar surface area (TPSA) is 173 Å². The van der Waals surface area contributed by atoms with Gasteiger partial charge in [0.1, 0.15) is 23.9 Å². The Labute approximate surface area is 387 Å². The standard InChI is InChI=1S/C49H83NO11Si3/c1-17-63(18-2,19-3)59-35-28-36-48(30-56-36,58-32(8)51)41-43(53)49(55)29-34(57-44(54)40(60-62(15,16)45(9,10)11)38(50)33-26-24-23-25-27-33)31(7)37(46(49,12)13)39(42(52)47(35,41)14)61-64(20-4,21-5)22-6/h23-27,34-36,38-41,43,53,55H,17-22,28-30,50H2,1-16H3/t34-,35-,36+,38-,39+,40+,41-,43-,47+,48-,49+/m0/s1. The van der Waals surface area contributed by atoms with Crippen LogP contribution in [0.25, 0.3) is 0 Å². The quantitative estimate of drug-likeness (QED) is 0.0771. The molecule has 1 aromatic rings. The average Bonchev–Trinajstić information content (AvgIpc) is 3.24. The van der Waals surface area contributed by atoms with Gasteiger partial charge in [-0.1, -0.05) is 106 Å². The van der Waals surface area contributed by atoms with Gasteiger partial charge in [0.25, 0.3) is 0 Å². The lowest BCUT2D eigenvalue weighted by Crippen LogP contribution is -2.82. The summed E-state index contributed by atoms with van der Waals surface area (Å²) in [5.74, 6) is -2.78. The van der Waals surface area contributed by atoms with Crippen LogP contribution in [-0.4, -0.2) is 107 Å². The van der Waals surface area contributed by atoms with Gasteiger partial charge in [0, 0.05) is 31.1 Å². The molecule has 0 radical (unpaired) electrons. The van der Waals surface area contributed by atoms with E-state index in [1.54, 1.807) is 0 Å². The van der Waals surface area contributed by atoms with Crippen molar-refractivity contribution >= 4 is 42.7 Å². The number of Topliss-reactive ketones (excluding diaryl/α,β-unsaturated/α-hetero) is 1. The van der Waals surface area contributed by atoms with Gasteiger partial charge in [-0.25, -0.2) is 4.79 Å². The first kappa shape index (κ1) is 52.9. The van der Waals surface area contributed by atoms with Crippen molar-refractivity contribution in [2.75, 3.05) is 6.61 Å². The number of rotatable bonds is 17. The van der Waals surface area contributed by atoms with E-state index in [1.807, 2.05) is 58.0 Å². The summed E-state index contributed by atoms with van der Waals surface area (Å²) in [5.41, 5.74) is 2.31. The average molecular weight is 946 g/mol. The Hall–Kier alpha value is -2.06. The highest BCUT2D eigenvalue weighted by molar-refractivity contribution is 6.74. The number of ether oxygens (including phenoxy) is 3. The van der Waals surface area contributed by atoms with Gasteiger partial charge in [0.15, 0.2) is 42.4 Å². The molecule has 2 bridgehead atoms. The van der Waals surface area contributed by atoms with Gasteiger partial charge < -0.3 is 43.4 Å². The number of hydrogen-bond acceptors (Lipinski definition) is 12. The molecular formula is C49H83NO11Si3. The summed E-state index contributed by atoms with van der Waals surface area (Å²) in [6, 6.07) is 13.1. The maximum Gasteiger partial charge on any atom is 0.336 e. The van der Waals surface area contributed by atoms with Crippen LogP contribution in [-0.2, 0) is 41.9 Å². The molecule has 0 spiro atoms. The van der Waals surface area contributed by atoms with E-state index in [0.717, 1.165) is 36.3 Å². The maximum atomic E-state index is 16.5. The van der Waals surface area contributed by atoms with Crippen molar-refractivity contribution < 1.29 is 52.1 Å². The summed E-state index contributed by atoms with van der Waals surface area (Å²) >= 11 is 0. The first-order chi connectivity index (χ1) is 29.6. The minimum Gasteiger partial charge on any atom is -0.456 e. The highest BCUT2D eigenvalue weighted by atomic mass is 28.4. The molecule has 1 saturated heterocycles. The molecule has 5 rings (SSSR count). The zero-order valence-electron chi connectivity index (χ0n) is 42.0. The molecule has 15 heteroatoms. The largest absolute Gasteiger partial charge is 0.456 e. The van der Waals surface area contributed by atoms with Crippen molar-refractivity contribution in [3.05, 3.63) is 47.0 Å². The predicted molar refractivity (Wildman–Crippen MR) is 257 cm³/mol. The Balaban J connectivity index is 1.80. The smallest absolute Gasteiger partial charge is 0.336 e. The second-order valence-electron chi connectivity index (χ2n) is 21.8. The van der Waals surface area contributed by atoms with Crippen LogP contribution < -0.4 is 5.73 Å². The van der Waals surface area contributed by atoms with Crippen LogP contribution in [0.3, 0.4) is 0 Å². The third-order valence-corrected chi connectivity index (χ3v) is 31.2. The molecule has 362 valence electrons. The number of fused-ring (bicyclic) bond motifs is 5. The third-order valence-electron chi connectivity index (χ3n) is 17.5. The summed E-state index contributed by atoms with van der Waals surface area (Å²) in [6.45, 7) is 31.7. The van der Waals surface area contributed by atoms with Crippen LogP contribution in [0.5, 0.6) is 0 Å². The van der Waals surface area contributed by atoms with Crippen molar-refractivity contribution in [2.24, 2.45) is 22.5 Å². The summed E-state index contributed by atoms with van der Waals surface area (Å²) < 4.78 is 40.9. The first-order valence-electron chi connectivity index (χ1n) is 24.1.